The van der Waals surface area contributed by atoms with E-state index in [0.29, 0.717) is 0 Å². The molecule has 0 fully saturated rings. The van der Waals surface area contributed by atoms with Gasteiger partial charge in [-0.2, -0.15) is 46.5 Å². The van der Waals surface area contributed by atoms with Gasteiger partial charge >= 0.3 is 41.9 Å². The SMILES string of the molecule is CO.C[Si](C)=[Zr+2].Cl.c1cc2c([cH-]1)CCCC2.c1cc2c([cH-]1)CCCC2. The molecule has 2 aliphatic carbocycles. The smallest absolute Gasteiger partial charge is 0.0512 e. The number of rotatable bonds is 0. The largest absolute Gasteiger partial charge is 0.210 e. The van der Waals surface area contributed by atoms with Crippen molar-refractivity contribution >= 4 is 17.8 Å². The van der Waals surface area contributed by atoms with Gasteiger partial charge in [0.2, 0.25) is 0 Å². The summed E-state index contributed by atoms with van der Waals surface area (Å²) < 4.78 is 0. The maximum absolute atomic E-state index is 7.00. The minimum atomic E-state index is 0. The first-order chi connectivity index (χ1) is 11.7. The van der Waals surface area contributed by atoms with Crippen LogP contribution in [0.3, 0.4) is 0 Å². The first kappa shape index (κ1) is 25.1. The average molecular weight is 456 g/mol. The quantitative estimate of drug-likeness (QED) is 0.417. The van der Waals surface area contributed by atoms with Crippen LogP contribution in [0.15, 0.2) is 36.4 Å². The minimum absolute atomic E-state index is 0. The van der Waals surface area contributed by atoms with Gasteiger partial charge in [-0.05, 0) is 0 Å². The summed E-state index contributed by atoms with van der Waals surface area (Å²) in [6, 6.07) is 13.4. The van der Waals surface area contributed by atoms with E-state index in [1.807, 2.05) is 0 Å². The summed E-state index contributed by atoms with van der Waals surface area (Å²) in [5.41, 5.74) is 6.60. The van der Waals surface area contributed by atoms with Gasteiger partial charge in [0.15, 0.2) is 0 Å². The van der Waals surface area contributed by atoms with Gasteiger partial charge in [-0.1, -0.05) is 51.4 Å². The van der Waals surface area contributed by atoms with Gasteiger partial charge < -0.3 is 5.11 Å². The molecule has 0 saturated heterocycles. The Hall–Kier alpha value is 0.0500. The van der Waals surface area contributed by atoms with Gasteiger partial charge in [-0.3, -0.25) is 0 Å². The third-order valence-corrected chi connectivity index (χ3v) is 4.30. The fourth-order valence-electron chi connectivity index (χ4n) is 3.23. The monoisotopic (exact) mass is 454 g/mol. The van der Waals surface area contributed by atoms with Crippen molar-refractivity contribution in [3.63, 3.8) is 0 Å². The molecule has 0 spiro atoms. The first-order valence-corrected chi connectivity index (χ1v) is 15.3. The van der Waals surface area contributed by atoms with Crippen LogP contribution in [-0.2, 0) is 49.0 Å². The van der Waals surface area contributed by atoms with E-state index in [-0.39, 0.29) is 17.8 Å². The fraction of sp³-hybridized carbons (Fsp3) is 0.524. The van der Waals surface area contributed by atoms with Crippen LogP contribution >= 0.6 is 12.4 Å². The maximum atomic E-state index is 7.00. The van der Waals surface area contributed by atoms with Crippen molar-refractivity contribution in [1.82, 2.24) is 0 Å². The predicted molar refractivity (Wildman–Crippen MR) is 110 cm³/mol. The van der Waals surface area contributed by atoms with Gasteiger partial charge in [-0.15, -0.1) is 12.4 Å². The zero-order valence-electron chi connectivity index (χ0n) is 16.0. The van der Waals surface area contributed by atoms with E-state index in [0.717, 1.165) is 7.11 Å². The Bertz CT molecular complexity index is 497. The molecule has 0 heterocycles. The summed E-state index contributed by atoms with van der Waals surface area (Å²) in [6.45, 7) is 4.62. The molecule has 2 aromatic carbocycles. The molecule has 0 amide bonds. The van der Waals surface area contributed by atoms with E-state index in [9.17, 15) is 0 Å². The number of halogens is 1. The number of hydrogen-bond acceptors (Lipinski definition) is 1. The Kier molecular flexibility index (Phi) is 15.2. The first-order valence-electron chi connectivity index (χ1n) is 9.10. The van der Waals surface area contributed by atoms with Gasteiger partial charge in [-0.25, -0.2) is 12.1 Å². The number of aliphatic hydroxyl groups excluding tert-OH is 1. The van der Waals surface area contributed by atoms with Crippen LogP contribution in [0.25, 0.3) is 0 Å². The van der Waals surface area contributed by atoms with Crippen molar-refractivity contribution in [2.24, 2.45) is 0 Å². The van der Waals surface area contributed by atoms with Crippen molar-refractivity contribution in [2.75, 3.05) is 7.11 Å². The average Bonchev–Trinajstić information content (AvgIpc) is 3.26. The Morgan fingerprint density at radius 3 is 1.44 bits per heavy atom. The molecule has 25 heavy (non-hydrogen) atoms. The Morgan fingerprint density at radius 1 is 0.800 bits per heavy atom. The van der Waals surface area contributed by atoms with Gasteiger partial charge in [0, 0.05) is 7.11 Å². The third-order valence-electron chi connectivity index (χ3n) is 4.30. The van der Waals surface area contributed by atoms with Crippen LogP contribution in [0.5, 0.6) is 0 Å². The summed E-state index contributed by atoms with van der Waals surface area (Å²) in [7, 11) is 1.00. The number of hydrogen-bond donors (Lipinski definition) is 1. The van der Waals surface area contributed by atoms with Crippen LogP contribution < -0.4 is 0 Å². The summed E-state index contributed by atoms with van der Waals surface area (Å²) in [5, 5.41) is 7.00. The van der Waals surface area contributed by atoms with E-state index in [2.05, 4.69) is 49.5 Å². The minimum Gasteiger partial charge on any atom is -0.210 e. The maximum Gasteiger partial charge on any atom is -0.0512 e. The van der Waals surface area contributed by atoms with E-state index < -0.39 is 0 Å². The second-order valence-electron chi connectivity index (χ2n) is 6.57. The molecule has 0 atom stereocenters. The Morgan fingerprint density at radius 2 is 1.12 bits per heavy atom. The second-order valence-corrected chi connectivity index (χ2v) is 15.9. The molecule has 1 N–H and O–H groups in total. The molecule has 0 saturated carbocycles. The molecule has 138 valence electrons. The van der Waals surface area contributed by atoms with Crippen LogP contribution in [0.2, 0.25) is 13.1 Å². The summed E-state index contributed by atoms with van der Waals surface area (Å²) in [6.07, 6.45) is 10.9. The van der Waals surface area contributed by atoms with Gasteiger partial charge in [0.25, 0.3) is 0 Å². The zero-order valence-corrected chi connectivity index (χ0v) is 20.3. The molecular formula is C21H33ClOSiZr. The van der Waals surface area contributed by atoms with Crippen LogP contribution in [0.1, 0.15) is 47.9 Å². The third kappa shape index (κ3) is 10.1. The second kappa shape index (κ2) is 15.1. The molecule has 0 aliphatic heterocycles. The molecule has 2 aromatic rings. The van der Waals surface area contributed by atoms with E-state index >= 15 is 0 Å². The molecule has 0 bridgehead atoms. The molecule has 0 radical (unpaired) electrons. The van der Waals surface area contributed by atoms with E-state index in [4.69, 9.17) is 5.11 Å². The zero-order chi connectivity index (χ0) is 17.8. The van der Waals surface area contributed by atoms with Crippen LogP contribution in [0.4, 0.5) is 0 Å². The predicted octanol–water partition coefficient (Wildman–Crippen LogP) is 5.38. The van der Waals surface area contributed by atoms with Crippen molar-refractivity contribution < 1.29 is 28.4 Å². The summed E-state index contributed by atoms with van der Waals surface area (Å²) in [5.74, 6) is 0. The molecule has 4 heteroatoms. The number of fused-ring (bicyclic) bond motifs is 2. The van der Waals surface area contributed by atoms with E-state index in [1.165, 1.54) is 51.4 Å². The Labute approximate surface area is 175 Å². The number of aryl methyl sites for hydroxylation is 4. The van der Waals surface area contributed by atoms with Crippen molar-refractivity contribution in [3.8, 4) is 0 Å². The molecular weight excluding hydrogens is 423 g/mol. The molecule has 4 rings (SSSR count). The van der Waals surface area contributed by atoms with Gasteiger partial charge in [0.05, 0.1) is 0 Å². The van der Waals surface area contributed by atoms with Crippen LogP contribution in [-0.4, -0.2) is 17.6 Å². The van der Waals surface area contributed by atoms with Crippen molar-refractivity contribution in [2.45, 2.75) is 64.5 Å². The van der Waals surface area contributed by atoms with Crippen molar-refractivity contribution in [3.05, 3.63) is 58.7 Å². The fourth-order valence-corrected chi connectivity index (χ4v) is 3.23. The van der Waals surface area contributed by atoms with Gasteiger partial charge in [0.1, 0.15) is 0 Å². The molecule has 1 nitrogen and oxygen atoms in total. The molecule has 2 aliphatic rings. The summed E-state index contributed by atoms with van der Waals surface area (Å²) in [4.78, 5) is 0. The normalized spacial score (nSPS) is 13.8. The van der Waals surface area contributed by atoms with Crippen LogP contribution in [0, 0.1) is 0 Å². The number of aliphatic hydroxyl groups is 1. The van der Waals surface area contributed by atoms with Crippen molar-refractivity contribution in [1.29, 1.82) is 0 Å². The summed E-state index contributed by atoms with van der Waals surface area (Å²) >= 11 is 1.74. The van der Waals surface area contributed by atoms with E-state index in [1.54, 1.807) is 45.6 Å². The molecule has 0 unspecified atom stereocenters. The Balaban J connectivity index is 0.000000345. The topological polar surface area (TPSA) is 20.2 Å². The molecule has 0 aromatic heterocycles. The standard InChI is InChI=1S/2C9H11.C2H6Si.CH4O.ClH.Zr/c2*1-2-5-9-7-3-6-8(9)4-1;1-3-2;1-2;;/h2*3,6-7H,1-2,4-5H2;1-2H3;2H,1H3;1H;/q2*-1;;;;+2.